The Balaban J connectivity index is 1.93. The summed E-state index contributed by atoms with van der Waals surface area (Å²) in [6, 6.07) is 4.77. The molecule has 1 fully saturated rings. The molecule has 0 aromatic heterocycles. The first-order chi connectivity index (χ1) is 9.89. The summed E-state index contributed by atoms with van der Waals surface area (Å²) in [6.07, 6.45) is 0. The number of carbonyl (C=O) groups excluding carboxylic acids is 3. The van der Waals surface area contributed by atoms with Gasteiger partial charge in [-0.3, -0.25) is 19.7 Å². The summed E-state index contributed by atoms with van der Waals surface area (Å²) in [5.41, 5.74) is -0.753. The van der Waals surface area contributed by atoms with E-state index in [0.717, 1.165) is 0 Å². The fourth-order valence-corrected chi connectivity index (χ4v) is 2.29. The number of amides is 3. The van der Waals surface area contributed by atoms with Crippen LogP contribution in [0.4, 0.5) is 0 Å². The summed E-state index contributed by atoms with van der Waals surface area (Å²) >= 11 is 0. The topological polar surface area (TPSA) is 84.9 Å². The van der Waals surface area contributed by atoms with Gasteiger partial charge in [-0.25, -0.2) is 0 Å². The first-order valence-electron chi connectivity index (χ1n) is 6.45. The molecule has 0 bridgehead atoms. The SMILES string of the molecule is CC1(C)C(=O)NC(=O)CN1C(=O)c1ccc2c(c1)OCO2. The van der Waals surface area contributed by atoms with Gasteiger partial charge in [0, 0.05) is 5.56 Å². The third-order valence-corrected chi connectivity index (χ3v) is 3.65. The lowest BCUT2D eigenvalue weighted by molar-refractivity contribution is -0.143. The third-order valence-electron chi connectivity index (χ3n) is 3.65. The van der Waals surface area contributed by atoms with Gasteiger partial charge in [0.25, 0.3) is 11.8 Å². The molecule has 1 aromatic carbocycles. The van der Waals surface area contributed by atoms with Crippen LogP contribution in [0, 0.1) is 0 Å². The van der Waals surface area contributed by atoms with Crippen LogP contribution in [0.1, 0.15) is 24.2 Å². The zero-order valence-electron chi connectivity index (χ0n) is 11.6. The minimum Gasteiger partial charge on any atom is -0.454 e. The van der Waals surface area contributed by atoms with E-state index < -0.39 is 23.3 Å². The molecule has 2 heterocycles. The van der Waals surface area contributed by atoms with Crippen molar-refractivity contribution in [3.05, 3.63) is 23.8 Å². The first kappa shape index (κ1) is 13.4. The average Bonchev–Trinajstić information content (AvgIpc) is 2.89. The third kappa shape index (κ3) is 2.10. The molecule has 110 valence electrons. The largest absolute Gasteiger partial charge is 0.454 e. The molecule has 0 aliphatic carbocycles. The molecule has 1 aromatic rings. The van der Waals surface area contributed by atoms with E-state index >= 15 is 0 Å². The number of rotatable bonds is 1. The molecule has 3 rings (SSSR count). The van der Waals surface area contributed by atoms with Crippen molar-refractivity contribution in [2.45, 2.75) is 19.4 Å². The minimum atomic E-state index is -1.10. The number of ether oxygens (including phenoxy) is 2. The Bertz CT molecular complexity index is 653. The maximum Gasteiger partial charge on any atom is 0.255 e. The van der Waals surface area contributed by atoms with Crippen LogP contribution in [0.3, 0.4) is 0 Å². The quantitative estimate of drug-likeness (QED) is 0.752. The maximum absolute atomic E-state index is 12.6. The molecule has 0 atom stereocenters. The number of nitrogens with zero attached hydrogens (tertiary/aromatic N) is 1. The van der Waals surface area contributed by atoms with Crippen molar-refractivity contribution < 1.29 is 23.9 Å². The van der Waals surface area contributed by atoms with Gasteiger partial charge in [0.1, 0.15) is 12.1 Å². The number of carbonyl (C=O) groups is 3. The highest BCUT2D eigenvalue weighted by Crippen LogP contribution is 2.33. The monoisotopic (exact) mass is 290 g/mol. The van der Waals surface area contributed by atoms with E-state index in [2.05, 4.69) is 5.32 Å². The summed E-state index contributed by atoms with van der Waals surface area (Å²) in [4.78, 5) is 37.3. The Hall–Kier alpha value is -2.57. The molecule has 0 radical (unpaired) electrons. The van der Waals surface area contributed by atoms with Gasteiger partial charge in [-0.15, -0.1) is 0 Å². The van der Waals surface area contributed by atoms with Crippen molar-refractivity contribution in [2.75, 3.05) is 13.3 Å². The average molecular weight is 290 g/mol. The molecule has 21 heavy (non-hydrogen) atoms. The van der Waals surface area contributed by atoms with Gasteiger partial charge in [-0.05, 0) is 32.0 Å². The van der Waals surface area contributed by atoms with Crippen LogP contribution in [0.5, 0.6) is 11.5 Å². The zero-order chi connectivity index (χ0) is 15.2. The number of nitrogens with one attached hydrogen (secondary N) is 1. The van der Waals surface area contributed by atoms with Gasteiger partial charge in [0.15, 0.2) is 11.5 Å². The molecule has 2 aliphatic rings. The molecule has 1 saturated heterocycles. The Morgan fingerprint density at radius 3 is 2.71 bits per heavy atom. The van der Waals surface area contributed by atoms with Crippen LogP contribution in [0.15, 0.2) is 18.2 Å². The molecule has 3 amide bonds. The van der Waals surface area contributed by atoms with Crippen molar-refractivity contribution in [3.8, 4) is 11.5 Å². The van der Waals surface area contributed by atoms with Crippen LogP contribution >= 0.6 is 0 Å². The normalized spacial score (nSPS) is 19.4. The lowest BCUT2D eigenvalue weighted by atomic mass is 9.97. The number of fused-ring (bicyclic) bond motifs is 1. The molecule has 1 N–H and O–H groups in total. The highest BCUT2D eigenvalue weighted by molar-refractivity contribution is 6.09. The van der Waals surface area contributed by atoms with Gasteiger partial charge in [0.05, 0.1) is 0 Å². The summed E-state index contributed by atoms with van der Waals surface area (Å²) < 4.78 is 10.4. The standard InChI is InChI=1S/C14H14N2O5/c1-14(2)13(19)15-11(17)6-16(14)12(18)8-3-4-9-10(5-8)21-7-20-9/h3-5H,6-7H2,1-2H3,(H,15,17,19). The fraction of sp³-hybridized carbons (Fsp3) is 0.357. The molecular weight excluding hydrogens is 276 g/mol. The summed E-state index contributed by atoms with van der Waals surface area (Å²) in [7, 11) is 0. The van der Waals surface area contributed by atoms with Gasteiger partial charge in [-0.1, -0.05) is 0 Å². The van der Waals surface area contributed by atoms with E-state index in [9.17, 15) is 14.4 Å². The summed E-state index contributed by atoms with van der Waals surface area (Å²) in [5.74, 6) is -0.340. The van der Waals surface area contributed by atoms with Crippen LogP contribution in [-0.2, 0) is 9.59 Å². The van der Waals surface area contributed by atoms with Crippen LogP contribution in [0.2, 0.25) is 0 Å². The number of hydrogen-bond donors (Lipinski definition) is 1. The van der Waals surface area contributed by atoms with E-state index in [-0.39, 0.29) is 13.3 Å². The molecule has 0 saturated carbocycles. The lowest BCUT2D eigenvalue weighted by Crippen LogP contribution is -2.65. The Kier molecular flexibility index (Phi) is 2.86. The summed E-state index contributed by atoms with van der Waals surface area (Å²) in [6.45, 7) is 3.15. The first-order valence-corrected chi connectivity index (χ1v) is 6.45. The van der Waals surface area contributed by atoms with E-state index in [1.165, 1.54) is 4.90 Å². The van der Waals surface area contributed by atoms with Crippen LogP contribution in [-0.4, -0.2) is 41.5 Å². The molecule has 7 heteroatoms. The lowest BCUT2D eigenvalue weighted by Gasteiger charge is -2.40. The fourth-order valence-electron chi connectivity index (χ4n) is 2.29. The number of hydrogen-bond acceptors (Lipinski definition) is 5. The predicted molar refractivity (Wildman–Crippen MR) is 70.8 cm³/mol. The minimum absolute atomic E-state index is 0.114. The molecule has 7 nitrogen and oxygen atoms in total. The molecule has 0 unspecified atom stereocenters. The van der Waals surface area contributed by atoms with E-state index in [4.69, 9.17) is 9.47 Å². The predicted octanol–water partition coefficient (Wildman–Crippen LogP) is 0.292. The molecular formula is C14H14N2O5. The van der Waals surface area contributed by atoms with Gasteiger partial charge in [-0.2, -0.15) is 0 Å². The number of piperazine rings is 1. The smallest absolute Gasteiger partial charge is 0.255 e. The van der Waals surface area contributed by atoms with Crippen molar-refractivity contribution in [3.63, 3.8) is 0 Å². The van der Waals surface area contributed by atoms with Gasteiger partial charge >= 0.3 is 0 Å². The van der Waals surface area contributed by atoms with Crippen LogP contribution < -0.4 is 14.8 Å². The zero-order valence-corrected chi connectivity index (χ0v) is 11.6. The van der Waals surface area contributed by atoms with Gasteiger partial charge < -0.3 is 14.4 Å². The Labute approximate surface area is 120 Å². The second kappa shape index (κ2) is 4.47. The maximum atomic E-state index is 12.6. The second-order valence-electron chi connectivity index (χ2n) is 5.40. The van der Waals surface area contributed by atoms with Crippen molar-refractivity contribution >= 4 is 17.7 Å². The Morgan fingerprint density at radius 2 is 1.95 bits per heavy atom. The van der Waals surface area contributed by atoms with Crippen molar-refractivity contribution in [1.82, 2.24) is 10.2 Å². The second-order valence-corrected chi connectivity index (χ2v) is 5.40. The van der Waals surface area contributed by atoms with E-state index in [0.29, 0.717) is 17.1 Å². The highest BCUT2D eigenvalue weighted by atomic mass is 16.7. The van der Waals surface area contributed by atoms with Gasteiger partial charge in [0.2, 0.25) is 12.7 Å². The molecule has 2 aliphatic heterocycles. The Morgan fingerprint density at radius 1 is 1.24 bits per heavy atom. The van der Waals surface area contributed by atoms with Crippen molar-refractivity contribution in [2.24, 2.45) is 0 Å². The van der Waals surface area contributed by atoms with Crippen LogP contribution in [0.25, 0.3) is 0 Å². The van der Waals surface area contributed by atoms with Crippen molar-refractivity contribution in [1.29, 1.82) is 0 Å². The van der Waals surface area contributed by atoms with E-state index in [1.54, 1.807) is 32.0 Å². The number of benzene rings is 1. The number of imide groups is 1. The molecule has 0 spiro atoms. The van der Waals surface area contributed by atoms with E-state index in [1.807, 2.05) is 0 Å². The highest BCUT2D eigenvalue weighted by Gasteiger charge is 2.43. The summed E-state index contributed by atoms with van der Waals surface area (Å²) in [5, 5.41) is 2.23.